The van der Waals surface area contributed by atoms with E-state index >= 15 is 0 Å². The van der Waals surface area contributed by atoms with Crippen molar-refractivity contribution in [3.8, 4) is 11.4 Å². The van der Waals surface area contributed by atoms with Crippen molar-refractivity contribution in [3.63, 3.8) is 0 Å². The van der Waals surface area contributed by atoms with Crippen molar-refractivity contribution >= 4 is 39.0 Å². The third kappa shape index (κ3) is 5.17. The molecule has 0 aliphatic rings. The molecule has 0 radical (unpaired) electrons. The summed E-state index contributed by atoms with van der Waals surface area (Å²) in [6.07, 6.45) is 4.45. The Hall–Kier alpha value is -4.24. The highest BCUT2D eigenvalue weighted by atomic mass is 32.2. The van der Waals surface area contributed by atoms with E-state index in [4.69, 9.17) is 9.11 Å². The molecule has 0 bridgehead atoms. The van der Waals surface area contributed by atoms with E-state index in [1.54, 1.807) is 6.92 Å². The van der Waals surface area contributed by atoms with Gasteiger partial charge in [0.2, 0.25) is 0 Å². The molecular weight excluding hydrogens is 524 g/mol. The van der Waals surface area contributed by atoms with Gasteiger partial charge in [-0.2, -0.15) is 16.8 Å². The van der Waals surface area contributed by atoms with E-state index in [-0.39, 0.29) is 25.9 Å². The smallest absolute Gasteiger partial charge is 0.294 e. The number of rotatable bonds is 6. The van der Waals surface area contributed by atoms with Gasteiger partial charge >= 0.3 is 0 Å². The van der Waals surface area contributed by atoms with E-state index < -0.39 is 31.4 Å². The van der Waals surface area contributed by atoms with Crippen LogP contribution in [0.1, 0.15) is 11.3 Å². The topological polar surface area (TPSA) is 184 Å². The Kier molecular flexibility index (Phi) is 6.51. The summed E-state index contributed by atoms with van der Waals surface area (Å²) in [5.41, 5.74) is 0.553. The minimum Gasteiger partial charge on any atom is -0.295 e. The number of H-pyrrole nitrogens is 2. The second-order valence-electron chi connectivity index (χ2n) is 7.90. The second kappa shape index (κ2) is 9.33. The number of benzene rings is 2. The van der Waals surface area contributed by atoms with Crippen LogP contribution in [-0.4, -0.2) is 45.5 Å². The van der Waals surface area contributed by atoms with E-state index in [0.29, 0.717) is 17.1 Å². The van der Waals surface area contributed by atoms with Crippen LogP contribution in [0.2, 0.25) is 0 Å². The third-order valence-corrected chi connectivity index (χ3v) is 7.17. The van der Waals surface area contributed by atoms with Crippen LogP contribution in [0.25, 0.3) is 30.1 Å². The fourth-order valence-electron chi connectivity index (χ4n) is 3.56. The molecular formula is C23H20N4O8S2. The van der Waals surface area contributed by atoms with Crippen LogP contribution in [0, 0.1) is 6.92 Å². The lowest BCUT2D eigenvalue weighted by molar-refractivity contribution is 0.481. The van der Waals surface area contributed by atoms with Crippen LogP contribution in [0.15, 0.2) is 74.0 Å². The van der Waals surface area contributed by atoms with Crippen molar-refractivity contribution in [3.05, 3.63) is 97.1 Å². The zero-order valence-electron chi connectivity index (χ0n) is 19.1. The van der Waals surface area contributed by atoms with Crippen LogP contribution in [0.4, 0.5) is 0 Å². The monoisotopic (exact) mass is 544 g/mol. The van der Waals surface area contributed by atoms with E-state index in [2.05, 4.69) is 16.8 Å². The van der Waals surface area contributed by atoms with Crippen LogP contribution in [0.5, 0.6) is 0 Å². The highest BCUT2D eigenvalue weighted by Crippen LogP contribution is 2.14. The predicted octanol–water partition coefficient (Wildman–Crippen LogP) is 0.351. The summed E-state index contributed by atoms with van der Waals surface area (Å²) in [6.45, 7) is 5.47. The van der Waals surface area contributed by atoms with Crippen molar-refractivity contribution in [1.29, 1.82) is 0 Å². The lowest BCUT2D eigenvalue weighted by Crippen LogP contribution is -2.33. The lowest BCUT2D eigenvalue weighted by Gasteiger charge is -2.02. The normalized spacial score (nSPS) is 13.0. The largest absolute Gasteiger partial charge is 0.295 e. The number of aryl methyl sites for hydroxylation is 1. The summed E-state index contributed by atoms with van der Waals surface area (Å²) in [7, 11) is -8.74. The molecule has 0 aliphatic heterocycles. The van der Waals surface area contributed by atoms with Gasteiger partial charge in [0, 0.05) is 5.69 Å². The molecule has 37 heavy (non-hydrogen) atoms. The van der Waals surface area contributed by atoms with E-state index in [1.165, 1.54) is 59.3 Å². The maximum atomic E-state index is 12.9. The second-order valence-corrected chi connectivity index (χ2v) is 10.7. The first-order valence-corrected chi connectivity index (χ1v) is 13.3. The summed E-state index contributed by atoms with van der Waals surface area (Å²) in [5, 5.41) is 6.14. The van der Waals surface area contributed by atoms with Gasteiger partial charge in [0.25, 0.3) is 31.4 Å². The van der Waals surface area contributed by atoms with Gasteiger partial charge in [0.1, 0.15) is 0 Å². The van der Waals surface area contributed by atoms with Crippen molar-refractivity contribution in [1.82, 2.24) is 19.6 Å². The number of allylic oxidation sites excluding steroid dienone is 1. The first-order valence-electron chi connectivity index (χ1n) is 10.4. The van der Waals surface area contributed by atoms with E-state index in [0.717, 1.165) is 16.8 Å². The van der Waals surface area contributed by atoms with Gasteiger partial charge in [-0.25, -0.2) is 9.36 Å². The Labute approximate surface area is 209 Å². The Balaban J connectivity index is 1.66. The number of nitrogens with zero attached hydrogens (tertiary/aromatic N) is 2. The Morgan fingerprint density at radius 2 is 1.24 bits per heavy atom. The predicted molar refractivity (Wildman–Crippen MR) is 135 cm³/mol. The van der Waals surface area contributed by atoms with Crippen molar-refractivity contribution in [2.45, 2.75) is 16.7 Å². The van der Waals surface area contributed by atoms with Crippen LogP contribution >= 0.6 is 0 Å². The summed E-state index contributed by atoms with van der Waals surface area (Å²) in [4.78, 5) is 25.1. The molecule has 12 nitrogen and oxygen atoms in total. The molecule has 4 rings (SSSR count). The summed E-state index contributed by atoms with van der Waals surface area (Å²) in [6, 6.07) is 10.0. The van der Waals surface area contributed by atoms with Gasteiger partial charge in [-0.1, -0.05) is 12.7 Å². The fraction of sp³-hybridized carbons (Fsp3) is 0.0435. The molecule has 0 spiro atoms. The Bertz CT molecular complexity index is 1980. The van der Waals surface area contributed by atoms with E-state index in [9.17, 15) is 26.4 Å². The van der Waals surface area contributed by atoms with Crippen molar-refractivity contribution < 1.29 is 25.9 Å². The highest BCUT2D eigenvalue weighted by Gasteiger charge is 2.13. The van der Waals surface area contributed by atoms with Crippen molar-refractivity contribution in [2.24, 2.45) is 0 Å². The molecule has 0 fully saturated rings. The number of hydrogen-bond donors (Lipinski definition) is 4. The molecule has 14 heteroatoms. The molecule has 0 saturated carbocycles. The van der Waals surface area contributed by atoms with Gasteiger partial charge in [-0.3, -0.25) is 28.9 Å². The van der Waals surface area contributed by atoms with Gasteiger partial charge in [-0.05, 0) is 67.6 Å². The standard InChI is InChI=1S/C23H20N4O8S2/c1-14-20(22(28)26(24-14)16-6-10-18(11-7-16)36(30,31)32)4-3-5-21-15(2)25-27(23(21)29)17-8-12-19(13-9-17)37(33,34)35/h3-13,24-25H,1H2,2H3,(H,30,31,32)(H,33,34,35)/b5-3+,20-4+. The average molecular weight is 545 g/mol. The summed E-state index contributed by atoms with van der Waals surface area (Å²) >= 11 is 0. The molecule has 2 aromatic carbocycles. The van der Waals surface area contributed by atoms with Crippen LogP contribution in [-0.2, 0) is 20.2 Å². The Morgan fingerprint density at radius 1 is 0.784 bits per heavy atom. The SMILES string of the molecule is C=c1[nH]n(-c2ccc(S(=O)(=O)O)cc2)c(=O)/c1=C/C=C/c1c(C)[nH]n(-c2ccc(S(=O)(=O)O)cc2)c1=O. The average Bonchev–Trinajstić information content (AvgIpc) is 3.28. The van der Waals surface area contributed by atoms with Crippen LogP contribution < -0.4 is 21.7 Å². The maximum absolute atomic E-state index is 12.9. The third-order valence-electron chi connectivity index (χ3n) is 5.43. The zero-order chi connectivity index (χ0) is 27.1. The molecule has 4 N–H and O–H groups in total. The molecule has 2 heterocycles. The van der Waals surface area contributed by atoms with Crippen LogP contribution in [0.3, 0.4) is 0 Å². The zero-order valence-corrected chi connectivity index (χ0v) is 20.7. The highest BCUT2D eigenvalue weighted by molar-refractivity contribution is 7.86. The summed E-state index contributed by atoms with van der Waals surface area (Å²) < 4.78 is 65.5. The number of aromatic amines is 2. The molecule has 2 aromatic heterocycles. The molecule has 0 aliphatic carbocycles. The van der Waals surface area contributed by atoms with Gasteiger partial charge in [0.05, 0.1) is 37.3 Å². The van der Waals surface area contributed by atoms with Gasteiger partial charge in [-0.15, -0.1) is 0 Å². The number of nitrogens with one attached hydrogen (secondary N) is 2. The van der Waals surface area contributed by atoms with Crippen molar-refractivity contribution in [2.75, 3.05) is 0 Å². The fourth-order valence-corrected chi connectivity index (χ4v) is 4.52. The Morgan fingerprint density at radius 3 is 1.70 bits per heavy atom. The van der Waals surface area contributed by atoms with E-state index in [1.807, 2.05) is 0 Å². The summed E-state index contributed by atoms with van der Waals surface area (Å²) in [5.74, 6) is 0. The quantitative estimate of drug-likeness (QED) is 0.251. The molecule has 4 aromatic rings. The first-order chi connectivity index (χ1) is 17.3. The first kappa shape index (κ1) is 25.8. The number of hydrogen-bond acceptors (Lipinski definition) is 6. The molecule has 0 saturated heterocycles. The molecule has 0 unspecified atom stereocenters. The molecule has 192 valence electrons. The molecule has 0 atom stereocenters. The number of aromatic nitrogens is 4. The van der Waals surface area contributed by atoms with Gasteiger partial charge in [0.15, 0.2) is 0 Å². The lowest BCUT2D eigenvalue weighted by atomic mass is 10.2. The van der Waals surface area contributed by atoms with Gasteiger partial charge < -0.3 is 0 Å². The molecule has 0 amide bonds. The minimum atomic E-state index is -4.37. The minimum absolute atomic E-state index is 0.199. The maximum Gasteiger partial charge on any atom is 0.294 e.